The largest absolute Gasteiger partial charge is 0.489 e. The van der Waals surface area contributed by atoms with Gasteiger partial charge in [0.05, 0.1) is 17.6 Å². The van der Waals surface area contributed by atoms with Gasteiger partial charge in [-0.25, -0.2) is 0 Å². The molecule has 0 amide bonds. The lowest BCUT2D eigenvalue weighted by atomic mass is 9.75. The molecule has 0 N–H and O–H groups in total. The Kier molecular flexibility index (Phi) is 6.93. The molecule has 0 unspecified atom stereocenters. The van der Waals surface area contributed by atoms with Crippen LogP contribution in [0.25, 0.3) is 5.57 Å². The molecule has 2 atom stereocenters. The number of pyridine rings is 1. The van der Waals surface area contributed by atoms with Crippen LogP contribution in [-0.4, -0.2) is 22.6 Å². The Bertz CT molecular complexity index is 1240. The normalized spacial score (nSPS) is 18.0. The summed E-state index contributed by atoms with van der Waals surface area (Å²) in [5.74, 6) is 0.172. The summed E-state index contributed by atoms with van der Waals surface area (Å²) in [6.07, 6.45) is 4.08. The van der Waals surface area contributed by atoms with Gasteiger partial charge in [0.15, 0.2) is 0 Å². The molecule has 0 aliphatic heterocycles. The van der Waals surface area contributed by atoms with Gasteiger partial charge in [0.1, 0.15) is 12.4 Å². The number of ether oxygens (including phenoxy) is 1. The third-order valence-electron chi connectivity index (χ3n) is 5.81. The Morgan fingerprint density at radius 2 is 1.94 bits per heavy atom. The van der Waals surface area contributed by atoms with Gasteiger partial charge in [-0.05, 0) is 71.2 Å². The van der Waals surface area contributed by atoms with Crippen molar-refractivity contribution in [3.63, 3.8) is 0 Å². The number of aromatic nitrogens is 1. The molecule has 33 heavy (non-hydrogen) atoms. The maximum absolute atomic E-state index is 12.1. The molecule has 3 aromatic rings. The van der Waals surface area contributed by atoms with Crippen LogP contribution in [0.15, 0.2) is 72.6 Å². The first-order valence-electron chi connectivity index (χ1n) is 10.3. The van der Waals surface area contributed by atoms with E-state index < -0.39 is 12.0 Å². The number of hydrogen-bond donors (Lipinski definition) is 0. The van der Waals surface area contributed by atoms with E-state index in [4.69, 9.17) is 33.2 Å². The number of allylic oxidation sites excluding steroid dienone is 1. The van der Waals surface area contributed by atoms with Gasteiger partial charge in [0.2, 0.25) is 6.04 Å². The highest BCUT2D eigenvalue weighted by Crippen LogP contribution is 2.44. The standard InChI is InChI=1S/C25H19Cl2N3O3/c26-19-5-8-21(24(27)11-19)23-12-22(17-2-1-9-29-14-17)18(10-25(23)30(31)32)15-33-20-6-3-16(13-28)4-7-20/h1-9,11,14,23,25H,10,12,15H2/t23-,25+/m0/s1. The van der Waals surface area contributed by atoms with Crippen LogP contribution < -0.4 is 4.74 Å². The van der Waals surface area contributed by atoms with E-state index in [1.165, 1.54) is 0 Å². The summed E-state index contributed by atoms with van der Waals surface area (Å²) in [7, 11) is 0. The van der Waals surface area contributed by atoms with Gasteiger partial charge < -0.3 is 4.74 Å². The molecule has 1 aliphatic carbocycles. The lowest BCUT2D eigenvalue weighted by molar-refractivity contribution is -0.526. The second-order valence-corrected chi connectivity index (χ2v) is 8.63. The molecule has 0 spiro atoms. The van der Waals surface area contributed by atoms with Crippen molar-refractivity contribution in [1.82, 2.24) is 4.98 Å². The molecular weight excluding hydrogens is 461 g/mol. The van der Waals surface area contributed by atoms with E-state index in [2.05, 4.69) is 11.1 Å². The Labute approximate surface area is 201 Å². The molecule has 1 aliphatic rings. The molecule has 2 aromatic carbocycles. The minimum atomic E-state index is -0.858. The van der Waals surface area contributed by atoms with E-state index in [1.54, 1.807) is 54.9 Å². The van der Waals surface area contributed by atoms with Crippen molar-refractivity contribution in [1.29, 1.82) is 5.26 Å². The predicted octanol–water partition coefficient (Wildman–Crippen LogP) is 6.32. The number of nitrogens with zero attached hydrogens (tertiary/aromatic N) is 3. The molecule has 1 aromatic heterocycles. The fourth-order valence-electron chi connectivity index (χ4n) is 4.16. The van der Waals surface area contributed by atoms with Crippen molar-refractivity contribution in [3.8, 4) is 11.8 Å². The second kappa shape index (κ2) is 10.0. The maximum Gasteiger partial charge on any atom is 0.224 e. The maximum atomic E-state index is 12.1. The van der Waals surface area contributed by atoms with E-state index in [9.17, 15) is 10.1 Å². The van der Waals surface area contributed by atoms with Crippen molar-refractivity contribution in [2.24, 2.45) is 0 Å². The lowest BCUT2D eigenvalue weighted by Gasteiger charge is -2.31. The quantitative estimate of drug-likeness (QED) is 0.305. The van der Waals surface area contributed by atoms with Gasteiger partial charge in [-0.1, -0.05) is 35.3 Å². The van der Waals surface area contributed by atoms with Crippen molar-refractivity contribution in [2.45, 2.75) is 24.8 Å². The zero-order valence-electron chi connectivity index (χ0n) is 17.4. The number of nitro groups is 1. The summed E-state index contributed by atoms with van der Waals surface area (Å²) in [6.45, 7) is 0.196. The number of benzene rings is 2. The third kappa shape index (κ3) is 5.16. The zero-order chi connectivity index (χ0) is 23.4. The molecule has 0 fully saturated rings. The van der Waals surface area contributed by atoms with Gasteiger partial charge in [-0.3, -0.25) is 15.1 Å². The van der Waals surface area contributed by atoms with Gasteiger partial charge in [-0.2, -0.15) is 5.26 Å². The van der Waals surface area contributed by atoms with Crippen LogP contribution in [0.4, 0.5) is 0 Å². The van der Waals surface area contributed by atoms with Crippen LogP contribution in [0, 0.1) is 21.4 Å². The van der Waals surface area contributed by atoms with Crippen molar-refractivity contribution >= 4 is 28.8 Å². The van der Waals surface area contributed by atoms with Gasteiger partial charge >= 0.3 is 0 Å². The highest BCUT2D eigenvalue weighted by molar-refractivity contribution is 6.35. The minimum Gasteiger partial charge on any atom is -0.489 e. The van der Waals surface area contributed by atoms with Crippen molar-refractivity contribution in [2.75, 3.05) is 6.61 Å². The highest BCUT2D eigenvalue weighted by Gasteiger charge is 2.40. The highest BCUT2D eigenvalue weighted by atomic mass is 35.5. The Balaban J connectivity index is 1.71. The number of halogens is 2. The van der Waals surface area contributed by atoms with Crippen LogP contribution in [-0.2, 0) is 0 Å². The summed E-state index contributed by atoms with van der Waals surface area (Å²) < 4.78 is 5.95. The first-order valence-corrected chi connectivity index (χ1v) is 11.0. The van der Waals surface area contributed by atoms with Crippen LogP contribution >= 0.6 is 23.2 Å². The number of rotatable bonds is 6. The summed E-state index contributed by atoms with van der Waals surface area (Å²) in [4.78, 5) is 16.1. The van der Waals surface area contributed by atoms with Crippen LogP contribution in [0.5, 0.6) is 5.75 Å². The Hall–Kier alpha value is -3.40. The predicted molar refractivity (Wildman–Crippen MR) is 127 cm³/mol. The lowest BCUT2D eigenvalue weighted by Crippen LogP contribution is -2.33. The molecule has 166 valence electrons. The summed E-state index contributed by atoms with van der Waals surface area (Å²) in [6, 6.07) is 16.9. The Morgan fingerprint density at radius 3 is 2.58 bits per heavy atom. The fourth-order valence-corrected chi connectivity index (χ4v) is 4.71. The smallest absolute Gasteiger partial charge is 0.224 e. The molecular formula is C25H19Cl2N3O3. The monoisotopic (exact) mass is 479 g/mol. The van der Waals surface area contributed by atoms with Crippen LogP contribution in [0.1, 0.15) is 35.4 Å². The van der Waals surface area contributed by atoms with E-state index >= 15 is 0 Å². The topological polar surface area (TPSA) is 89.0 Å². The summed E-state index contributed by atoms with van der Waals surface area (Å²) in [5.41, 5.74) is 3.94. The first kappa shape index (κ1) is 22.8. The number of nitriles is 1. The first-order chi connectivity index (χ1) is 16.0. The third-order valence-corrected chi connectivity index (χ3v) is 6.37. The molecule has 1 heterocycles. The van der Waals surface area contributed by atoms with E-state index in [0.717, 1.165) is 16.7 Å². The average Bonchev–Trinajstić information content (AvgIpc) is 2.83. The molecule has 8 heteroatoms. The molecule has 0 radical (unpaired) electrons. The van der Waals surface area contributed by atoms with Crippen molar-refractivity contribution < 1.29 is 9.66 Å². The SMILES string of the molecule is N#Cc1ccc(OCC2=C(c3cccnc3)C[C@@H](c3ccc(Cl)cc3Cl)[C@H]([N+](=O)[O-])C2)cc1. The summed E-state index contributed by atoms with van der Waals surface area (Å²) in [5, 5.41) is 22.0. The molecule has 4 rings (SSSR count). The zero-order valence-corrected chi connectivity index (χ0v) is 19.0. The Morgan fingerprint density at radius 1 is 1.15 bits per heavy atom. The van der Waals surface area contributed by atoms with Gasteiger partial charge in [0.25, 0.3) is 0 Å². The molecule has 6 nitrogen and oxygen atoms in total. The molecule has 0 bridgehead atoms. The van der Waals surface area contributed by atoms with E-state index in [-0.39, 0.29) is 18.0 Å². The minimum absolute atomic E-state index is 0.196. The van der Waals surface area contributed by atoms with E-state index in [1.807, 2.05) is 12.1 Å². The molecule has 0 saturated carbocycles. The summed E-state index contributed by atoms with van der Waals surface area (Å²) >= 11 is 12.5. The second-order valence-electron chi connectivity index (χ2n) is 7.78. The van der Waals surface area contributed by atoms with Gasteiger partial charge in [-0.15, -0.1) is 0 Å². The van der Waals surface area contributed by atoms with Crippen LogP contribution in [0.2, 0.25) is 10.0 Å². The fraction of sp³-hybridized carbons (Fsp3) is 0.200. The molecule has 0 saturated heterocycles. The van der Waals surface area contributed by atoms with Crippen molar-refractivity contribution in [3.05, 3.63) is 109 Å². The van der Waals surface area contributed by atoms with E-state index in [0.29, 0.717) is 33.3 Å². The van der Waals surface area contributed by atoms with Crippen LogP contribution in [0.3, 0.4) is 0 Å². The average molecular weight is 480 g/mol. The van der Waals surface area contributed by atoms with Gasteiger partial charge in [0, 0.05) is 33.8 Å². The number of hydrogen-bond acceptors (Lipinski definition) is 5.